The van der Waals surface area contributed by atoms with E-state index in [1.807, 2.05) is 0 Å². The third-order valence-electron chi connectivity index (χ3n) is 3.16. The van der Waals surface area contributed by atoms with E-state index in [0.717, 1.165) is 12.1 Å². The van der Waals surface area contributed by atoms with Crippen LogP contribution >= 0.6 is 22.9 Å². The number of carbonyl (C=O) groups excluding carboxylic acids is 1. The molecule has 1 aromatic heterocycles. The number of aromatic nitrogens is 1. The topological polar surface area (TPSA) is 51.2 Å². The lowest BCUT2D eigenvalue weighted by Crippen LogP contribution is -2.20. The summed E-state index contributed by atoms with van der Waals surface area (Å²) in [5, 5.41) is 4.95. The van der Waals surface area contributed by atoms with Gasteiger partial charge in [0.15, 0.2) is 23.4 Å². The van der Waals surface area contributed by atoms with Crippen molar-refractivity contribution in [3.63, 3.8) is 0 Å². The molecule has 0 atom stereocenters. The SMILES string of the molecule is O=C(COc1ccccc1Cl)Nc1nc(-c2ccc(F)c(F)c2)cs1. The maximum Gasteiger partial charge on any atom is 0.264 e. The Bertz CT molecular complexity index is 917. The normalized spacial score (nSPS) is 10.5. The lowest BCUT2D eigenvalue weighted by atomic mass is 10.2. The Balaban J connectivity index is 1.62. The second-order valence-electron chi connectivity index (χ2n) is 4.93. The van der Waals surface area contributed by atoms with Gasteiger partial charge in [-0.2, -0.15) is 0 Å². The molecule has 128 valence electrons. The molecule has 0 fully saturated rings. The first-order chi connectivity index (χ1) is 12.0. The van der Waals surface area contributed by atoms with E-state index in [1.165, 1.54) is 17.4 Å². The molecule has 0 unspecified atom stereocenters. The van der Waals surface area contributed by atoms with Crippen molar-refractivity contribution < 1.29 is 18.3 Å². The molecule has 8 heteroatoms. The monoisotopic (exact) mass is 380 g/mol. The number of rotatable bonds is 5. The summed E-state index contributed by atoms with van der Waals surface area (Å²) in [6.45, 7) is -0.232. The highest BCUT2D eigenvalue weighted by Gasteiger charge is 2.11. The predicted octanol–water partition coefficient (Wildman–Crippen LogP) is 4.76. The van der Waals surface area contributed by atoms with Crippen LogP contribution in [-0.2, 0) is 4.79 Å². The highest BCUT2D eigenvalue weighted by atomic mass is 35.5. The summed E-state index contributed by atoms with van der Waals surface area (Å²) in [6.07, 6.45) is 0. The van der Waals surface area contributed by atoms with Crippen molar-refractivity contribution in [2.75, 3.05) is 11.9 Å². The van der Waals surface area contributed by atoms with Crippen LogP contribution in [0.1, 0.15) is 0 Å². The van der Waals surface area contributed by atoms with Gasteiger partial charge < -0.3 is 4.74 Å². The molecule has 3 rings (SSSR count). The Morgan fingerprint density at radius 3 is 2.76 bits per heavy atom. The summed E-state index contributed by atoms with van der Waals surface area (Å²) in [4.78, 5) is 16.1. The van der Waals surface area contributed by atoms with Crippen LogP contribution in [0.25, 0.3) is 11.3 Å². The molecule has 0 spiro atoms. The van der Waals surface area contributed by atoms with E-state index in [2.05, 4.69) is 10.3 Å². The molecule has 25 heavy (non-hydrogen) atoms. The van der Waals surface area contributed by atoms with Gasteiger partial charge in [0.2, 0.25) is 0 Å². The molecule has 1 amide bonds. The molecule has 0 radical (unpaired) electrons. The fourth-order valence-corrected chi connectivity index (χ4v) is 2.91. The van der Waals surface area contributed by atoms with Crippen LogP contribution < -0.4 is 10.1 Å². The van der Waals surface area contributed by atoms with E-state index in [1.54, 1.807) is 29.6 Å². The van der Waals surface area contributed by atoms with Gasteiger partial charge in [-0.15, -0.1) is 11.3 Å². The van der Waals surface area contributed by atoms with Crippen LogP contribution in [0.4, 0.5) is 13.9 Å². The van der Waals surface area contributed by atoms with Gasteiger partial charge in [-0.25, -0.2) is 13.8 Å². The minimum atomic E-state index is -0.954. The molecule has 0 aliphatic carbocycles. The zero-order valence-electron chi connectivity index (χ0n) is 12.6. The van der Waals surface area contributed by atoms with E-state index in [0.29, 0.717) is 27.2 Å². The summed E-state index contributed by atoms with van der Waals surface area (Å²) >= 11 is 7.11. The van der Waals surface area contributed by atoms with Gasteiger partial charge in [0.1, 0.15) is 5.75 Å². The molecule has 0 aliphatic rings. The van der Waals surface area contributed by atoms with Gasteiger partial charge >= 0.3 is 0 Å². The standard InChI is InChI=1S/C17H11ClF2N2O2S/c18-11-3-1-2-4-15(11)24-8-16(23)22-17-21-14(9-25-17)10-5-6-12(19)13(20)7-10/h1-7,9H,8H2,(H,21,22,23). The quantitative estimate of drug-likeness (QED) is 0.694. The number of anilines is 1. The van der Waals surface area contributed by atoms with Crippen molar-refractivity contribution in [2.24, 2.45) is 0 Å². The summed E-state index contributed by atoms with van der Waals surface area (Å²) < 4.78 is 31.6. The number of thiazole rings is 1. The number of para-hydroxylation sites is 1. The Morgan fingerprint density at radius 2 is 2.00 bits per heavy atom. The molecule has 2 aromatic carbocycles. The number of amides is 1. The molecule has 0 saturated heterocycles. The van der Waals surface area contributed by atoms with Crippen LogP contribution in [-0.4, -0.2) is 17.5 Å². The van der Waals surface area contributed by atoms with Crippen LogP contribution in [0, 0.1) is 11.6 Å². The largest absolute Gasteiger partial charge is 0.482 e. The number of nitrogens with one attached hydrogen (secondary N) is 1. The number of hydrogen-bond acceptors (Lipinski definition) is 4. The molecule has 1 heterocycles. The van der Waals surface area contributed by atoms with Gasteiger partial charge in [-0.3, -0.25) is 10.1 Å². The number of halogens is 3. The average molecular weight is 381 g/mol. The predicted molar refractivity (Wildman–Crippen MR) is 93.0 cm³/mol. The minimum Gasteiger partial charge on any atom is -0.482 e. The van der Waals surface area contributed by atoms with Crippen molar-refractivity contribution in [3.8, 4) is 17.0 Å². The van der Waals surface area contributed by atoms with Crippen molar-refractivity contribution >= 4 is 34.0 Å². The van der Waals surface area contributed by atoms with Crippen LogP contribution in [0.15, 0.2) is 47.8 Å². The third-order valence-corrected chi connectivity index (χ3v) is 4.23. The second kappa shape index (κ2) is 7.58. The summed E-state index contributed by atoms with van der Waals surface area (Å²) in [6, 6.07) is 10.3. The van der Waals surface area contributed by atoms with E-state index in [4.69, 9.17) is 16.3 Å². The van der Waals surface area contributed by atoms with Crippen molar-refractivity contribution in [3.05, 3.63) is 64.5 Å². The van der Waals surface area contributed by atoms with Gasteiger partial charge in [-0.1, -0.05) is 23.7 Å². The van der Waals surface area contributed by atoms with Crippen LogP contribution in [0.2, 0.25) is 5.02 Å². The molecule has 1 N–H and O–H groups in total. The lowest BCUT2D eigenvalue weighted by molar-refractivity contribution is -0.118. The molecule has 0 saturated carbocycles. The zero-order chi connectivity index (χ0) is 17.8. The number of benzene rings is 2. The fraction of sp³-hybridized carbons (Fsp3) is 0.0588. The Labute approximate surface area is 151 Å². The van der Waals surface area contributed by atoms with Crippen molar-refractivity contribution in [2.45, 2.75) is 0 Å². The summed E-state index contributed by atoms with van der Waals surface area (Å²) in [5.41, 5.74) is 0.856. The highest BCUT2D eigenvalue weighted by molar-refractivity contribution is 7.14. The Hall–Kier alpha value is -2.51. The summed E-state index contributed by atoms with van der Waals surface area (Å²) in [5.74, 6) is -1.89. The van der Waals surface area contributed by atoms with Gasteiger partial charge in [-0.05, 0) is 30.3 Å². The smallest absolute Gasteiger partial charge is 0.264 e. The number of carbonyl (C=O) groups is 1. The van der Waals surface area contributed by atoms with Gasteiger partial charge in [0.05, 0.1) is 10.7 Å². The molecule has 3 aromatic rings. The van der Waals surface area contributed by atoms with E-state index >= 15 is 0 Å². The first kappa shape index (κ1) is 17.3. The number of ether oxygens (including phenoxy) is 1. The van der Waals surface area contributed by atoms with E-state index in [-0.39, 0.29) is 6.61 Å². The zero-order valence-corrected chi connectivity index (χ0v) is 14.2. The average Bonchev–Trinajstić information content (AvgIpc) is 3.05. The Kier molecular flexibility index (Phi) is 5.25. The lowest BCUT2D eigenvalue weighted by Gasteiger charge is -2.07. The van der Waals surface area contributed by atoms with E-state index < -0.39 is 17.5 Å². The van der Waals surface area contributed by atoms with E-state index in [9.17, 15) is 13.6 Å². The van der Waals surface area contributed by atoms with Crippen molar-refractivity contribution in [1.29, 1.82) is 0 Å². The highest BCUT2D eigenvalue weighted by Crippen LogP contribution is 2.26. The number of hydrogen-bond donors (Lipinski definition) is 1. The Morgan fingerprint density at radius 1 is 1.20 bits per heavy atom. The van der Waals surface area contributed by atoms with Gasteiger partial charge in [0, 0.05) is 10.9 Å². The molecular formula is C17H11ClF2N2O2S. The first-order valence-corrected chi connectivity index (χ1v) is 8.37. The van der Waals surface area contributed by atoms with Crippen molar-refractivity contribution in [1.82, 2.24) is 4.98 Å². The first-order valence-electron chi connectivity index (χ1n) is 7.11. The number of nitrogens with zero attached hydrogens (tertiary/aromatic N) is 1. The van der Waals surface area contributed by atoms with Gasteiger partial charge in [0.25, 0.3) is 5.91 Å². The van der Waals surface area contributed by atoms with Crippen LogP contribution in [0.5, 0.6) is 5.75 Å². The molecule has 0 aliphatic heterocycles. The fourth-order valence-electron chi connectivity index (χ4n) is 1.98. The molecule has 4 nitrogen and oxygen atoms in total. The maximum atomic E-state index is 13.3. The molecular weight excluding hydrogens is 370 g/mol. The minimum absolute atomic E-state index is 0.232. The molecule has 0 bridgehead atoms. The summed E-state index contributed by atoms with van der Waals surface area (Å²) in [7, 11) is 0. The van der Waals surface area contributed by atoms with Crippen LogP contribution in [0.3, 0.4) is 0 Å². The second-order valence-corrected chi connectivity index (χ2v) is 6.20. The third kappa shape index (κ3) is 4.32. The maximum absolute atomic E-state index is 13.3.